The Balaban J connectivity index is 1.31. The van der Waals surface area contributed by atoms with E-state index in [1.165, 1.54) is 18.9 Å². The molecule has 6 unspecified atom stereocenters. The Kier molecular flexibility index (Phi) is 5.09. The molecule has 0 amide bonds. The lowest BCUT2D eigenvalue weighted by atomic mass is 9.90. The summed E-state index contributed by atoms with van der Waals surface area (Å²) in [6.07, 6.45) is 6.31. The minimum Gasteiger partial charge on any atom is -0.297 e. The fraction of sp³-hybridized carbons (Fsp3) is 0.611. The van der Waals surface area contributed by atoms with Crippen LogP contribution in [0.2, 0.25) is 0 Å². The van der Waals surface area contributed by atoms with E-state index in [1.807, 2.05) is 0 Å². The lowest BCUT2D eigenvalue weighted by molar-refractivity contribution is 0.0522. The van der Waals surface area contributed by atoms with Gasteiger partial charge in [0.1, 0.15) is 0 Å². The summed E-state index contributed by atoms with van der Waals surface area (Å²) < 4.78 is 26.5. The Bertz CT molecular complexity index is 746. The number of benzene rings is 1. The fourth-order valence-electron chi connectivity index (χ4n) is 4.81. The predicted octanol–water partition coefficient (Wildman–Crippen LogP) is -0.128. The Morgan fingerprint density at radius 1 is 1.11 bits per heavy atom. The molecule has 1 saturated carbocycles. The number of hydrazine groups is 3. The number of halogens is 2. The molecule has 10 heteroatoms. The van der Waals surface area contributed by atoms with E-state index in [0.29, 0.717) is 17.6 Å². The van der Waals surface area contributed by atoms with Crippen LogP contribution in [0.1, 0.15) is 31.2 Å². The molecule has 6 atom stereocenters. The van der Waals surface area contributed by atoms with Crippen LogP contribution >= 0.6 is 0 Å². The molecule has 3 heterocycles. The molecule has 3 aliphatic heterocycles. The van der Waals surface area contributed by atoms with Crippen LogP contribution in [0.3, 0.4) is 0 Å². The zero-order chi connectivity index (χ0) is 19.1. The van der Waals surface area contributed by atoms with Crippen molar-refractivity contribution in [3.8, 4) is 0 Å². The topological polar surface area (TPSA) is 87.8 Å². The lowest BCUT2D eigenvalue weighted by Crippen LogP contribution is -2.67. The average molecular weight is 392 g/mol. The van der Waals surface area contributed by atoms with Gasteiger partial charge in [0.05, 0.1) is 12.3 Å². The first-order valence-electron chi connectivity index (χ1n) is 9.97. The smallest absolute Gasteiger partial charge is 0.159 e. The van der Waals surface area contributed by atoms with Gasteiger partial charge in [0.25, 0.3) is 0 Å². The number of rotatable bonds is 2. The van der Waals surface area contributed by atoms with Gasteiger partial charge in [-0.2, -0.15) is 11.1 Å². The largest absolute Gasteiger partial charge is 0.297 e. The van der Waals surface area contributed by atoms with Crippen molar-refractivity contribution in [2.75, 3.05) is 6.54 Å². The number of aliphatic imine (C=N–C) groups is 1. The van der Waals surface area contributed by atoms with E-state index in [0.717, 1.165) is 31.5 Å². The van der Waals surface area contributed by atoms with Gasteiger partial charge in [0, 0.05) is 30.8 Å². The maximum atomic E-state index is 13.4. The second-order valence-electron chi connectivity index (χ2n) is 7.93. The second-order valence-corrected chi connectivity index (χ2v) is 7.93. The highest BCUT2D eigenvalue weighted by Gasteiger charge is 2.48. The van der Waals surface area contributed by atoms with Gasteiger partial charge in [0.15, 0.2) is 17.9 Å². The molecule has 0 bridgehead atoms. The highest BCUT2D eigenvalue weighted by molar-refractivity contribution is 5.79. The molecule has 1 aliphatic carbocycles. The number of hydrogen-bond donors (Lipinski definition) is 6. The highest BCUT2D eigenvalue weighted by atomic mass is 19.2. The summed E-state index contributed by atoms with van der Waals surface area (Å²) in [5, 5.41) is 13.0. The maximum Gasteiger partial charge on any atom is 0.159 e. The summed E-state index contributed by atoms with van der Waals surface area (Å²) in [5.41, 5.74) is 10.2. The highest BCUT2D eigenvalue weighted by Crippen LogP contribution is 2.30. The maximum absolute atomic E-state index is 13.4. The van der Waals surface area contributed by atoms with Crippen LogP contribution < -0.4 is 32.4 Å². The lowest BCUT2D eigenvalue weighted by Gasteiger charge is -2.39. The third-order valence-corrected chi connectivity index (χ3v) is 6.22. The molecule has 0 spiro atoms. The summed E-state index contributed by atoms with van der Waals surface area (Å²) in [5.74, 6) is -1.44. The molecule has 5 rings (SSSR count). The van der Waals surface area contributed by atoms with E-state index in [-0.39, 0.29) is 24.5 Å². The van der Waals surface area contributed by atoms with Crippen LogP contribution in [0.15, 0.2) is 23.2 Å². The van der Waals surface area contributed by atoms with E-state index in [1.54, 1.807) is 6.21 Å². The normalized spacial score (nSPS) is 38.6. The van der Waals surface area contributed by atoms with E-state index in [2.05, 4.69) is 42.4 Å². The van der Waals surface area contributed by atoms with Gasteiger partial charge in [-0.1, -0.05) is 18.9 Å². The summed E-state index contributed by atoms with van der Waals surface area (Å²) in [7, 11) is 0. The zero-order valence-electron chi connectivity index (χ0n) is 15.5. The van der Waals surface area contributed by atoms with Crippen LogP contribution in [0.4, 0.5) is 8.78 Å². The second kappa shape index (κ2) is 7.71. The van der Waals surface area contributed by atoms with Crippen molar-refractivity contribution >= 4 is 6.21 Å². The first-order chi connectivity index (χ1) is 13.7. The van der Waals surface area contributed by atoms with Gasteiger partial charge >= 0.3 is 0 Å². The molecular weight excluding hydrogens is 366 g/mol. The Hall–Kier alpha value is -1.53. The Morgan fingerprint density at radius 2 is 2.00 bits per heavy atom. The van der Waals surface area contributed by atoms with Crippen molar-refractivity contribution in [1.29, 1.82) is 0 Å². The van der Waals surface area contributed by atoms with Gasteiger partial charge < -0.3 is 0 Å². The van der Waals surface area contributed by atoms with Gasteiger partial charge in [-0.05, 0) is 30.5 Å². The van der Waals surface area contributed by atoms with Gasteiger partial charge in [-0.25, -0.2) is 19.2 Å². The average Bonchev–Trinajstić information content (AvgIpc) is 3.14. The molecule has 4 fully saturated rings. The van der Waals surface area contributed by atoms with Crippen molar-refractivity contribution in [2.24, 2.45) is 10.9 Å². The molecule has 0 radical (unpaired) electrons. The number of nitrogens with one attached hydrogen (secondary N) is 6. The first kappa shape index (κ1) is 18.5. The summed E-state index contributed by atoms with van der Waals surface area (Å²) in [6, 6.07) is 4.62. The zero-order valence-corrected chi connectivity index (χ0v) is 15.5. The van der Waals surface area contributed by atoms with E-state index in [9.17, 15) is 8.78 Å². The molecule has 1 aromatic rings. The standard InChI is InChI=1S/C18H26F2N8/c19-12-6-5-10(7-13(12)20)8-21-18-22-9-11-16(24-18)23-14-3-1-2-4-15(14)28-17(11)25-26-27-28/h5-8,11,14-18,22-27H,1-4,9H2. The summed E-state index contributed by atoms with van der Waals surface area (Å²) in [6.45, 7) is 0.765. The van der Waals surface area contributed by atoms with Crippen molar-refractivity contribution < 1.29 is 8.78 Å². The third kappa shape index (κ3) is 3.45. The minimum absolute atomic E-state index is 0.0863. The van der Waals surface area contributed by atoms with Crippen molar-refractivity contribution in [2.45, 2.75) is 56.4 Å². The van der Waals surface area contributed by atoms with Crippen LogP contribution in [-0.2, 0) is 0 Å². The predicted molar refractivity (Wildman–Crippen MR) is 100 cm³/mol. The van der Waals surface area contributed by atoms with E-state index < -0.39 is 11.6 Å². The molecule has 152 valence electrons. The minimum atomic E-state index is -0.866. The molecule has 8 nitrogen and oxygen atoms in total. The van der Waals surface area contributed by atoms with Crippen molar-refractivity contribution in [3.05, 3.63) is 35.4 Å². The van der Waals surface area contributed by atoms with Gasteiger partial charge in [-0.15, -0.1) is 0 Å². The molecule has 6 N–H and O–H groups in total. The van der Waals surface area contributed by atoms with Crippen LogP contribution in [0, 0.1) is 17.6 Å². The van der Waals surface area contributed by atoms with Crippen molar-refractivity contribution in [1.82, 2.24) is 37.5 Å². The molecule has 4 aliphatic rings. The summed E-state index contributed by atoms with van der Waals surface area (Å²) >= 11 is 0. The number of fused-ring (bicyclic) bond motifs is 5. The van der Waals surface area contributed by atoms with Crippen LogP contribution in [-0.4, -0.2) is 48.5 Å². The van der Waals surface area contributed by atoms with E-state index >= 15 is 0 Å². The van der Waals surface area contributed by atoms with Gasteiger partial charge in [0.2, 0.25) is 0 Å². The Morgan fingerprint density at radius 3 is 2.89 bits per heavy atom. The molecule has 3 saturated heterocycles. The first-order valence-corrected chi connectivity index (χ1v) is 9.97. The summed E-state index contributed by atoms with van der Waals surface area (Å²) in [4.78, 5) is 4.49. The Labute approximate surface area is 162 Å². The number of hydrogen-bond acceptors (Lipinski definition) is 8. The van der Waals surface area contributed by atoms with E-state index in [4.69, 9.17) is 0 Å². The monoisotopic (exact) mass is 392 g/mol. The van der Waals surface area contributed by atoms with Gasteiger partial charge in [-0.3, -0.25) is 20.9 Å². The van der Waals surface area contributed by atoms with Crippen molar-refractivity contribution in [3.63, 3.8) is 0 Å². The molecule has 28 heavy (non-hydrogen) atoms. The number of nitrogens with zero attached hydrogens (tertiary/aromatic N) is 2. The SMILES string of the molecule is Fc1ccc(C=NC2NCC3C(N2)NC2CCCCC2N2NNNC32)cc1F. The fourth-order valence-corrected chi connectivity index (χ4v) is 4.81. The molecule has 0 aromatic heterocycles. The van der Waals surface area contributed by atoms with Crippen LogP contribution in [0.5, 0.6) is 0 Å². The molecule has 1 aromatic carbocycles. The third-order valence-electron chi connectivity index (χ3n) is 6.22. The van der Waals surface area contributed by atoms with Crippen LogP contribution in [0.25, 0.3) is 0 Å². The quantitative estimate of drug-likeness (QED) is 0.391. The molecular formula is C18H26F2N8.